The van der Waals surface area contributed by atoms with Gasteiger partial charge in [0.15, 0.2) is 15.4 Å². The van der Waals surface area contributed by atoms with Gasteiger partial charge in [0.2, 0.25) is 0 Å². The van der Waals surface area contributed by atoms with Crippen LogP contribution in [0.5, 0.6) is 5.75 Å². The van der Waals surface area contributed by atoms with Gasteiger partial charge in [0.05, 0.1) is 33.8 Å². The Hall–Kier alpha value is -3.80. The third-order valence-corrected chi connectivity index (χ3v) is 10.4. The highest BCUT2D eigenvalue weighted by atomic mass is 35.5. The highest BCUT2D eigenvalue weighted by molar-refractivity contribution is 7.92. The van der Waals surface area contributed by atoms with Gasteiger partial charge in [-0.05, 0) is 68.3 Å². The molecule has 1 aliphatic heterocycles. The average molecular weight is 657 g/mol. The first kappa shape index (κ1) is 32.6. The van der Waals surface area contributed by atoms with Crippen molar-refractivity contribution in [2.24, 2.45) is 0 Å². The fraction of sp³-hybridized carbons (Fsp3) is 0.333. The van der Waals surface area contributed by atoms with Crippen LogP contribution in [-0.4, -0.2) is 42.0 Å². The molecule has 5 rings (SSSR count). The third-order valence-electron chi connectivity index (χ3n) is 7.92. The predicted molar refractivity (Wildman–Crippen MR) is 172 cm³/mol. The molecular weight excluding hydrogens is 622 g/mol. The van der Waals surface area contributed by atoms with E-state index in [2.05, 4.69) is 20.6 Å². The van der Waals surface area contributed by atoms with Crippen molar-refractivity contribution >= 4 is 43.8 Å². The number of hydrogen-bond acceptors (Lipinski definition) is 8. The summed E-state index contributed by atoms with van der Waals surface area (Å²) in [6, 6.07) is 13.9. The lowest BCUT2D eigenvalue weighted by molar-refractivity contribution is -0.00140. The van der Waals surface area contributed by atoms with Crippen LogP contribution in [0.3, 0.4) is 0 Å². The van der Waals surface area contributed by atoms with E-state index in [-0.39, 0.29) is 30.8 Å². The highest BCUT2D eigenvalue weighted by Gasteiger charge is 2.45. The third kappa shape index (κ3) is 7.21. The monoisotopic (exact) mass is 656 g/mol. The molecule has 0 bridgehead atoms. The van der Waals surface area contributed by atoms with Crippen LogP contribution in [0, 0.1) is 11.6 Å². The molecule has 12 heteroatoms. The van der Waals surface area contributed by atoms with E-state index < -0.39 is 26.5 Å². The standard InChI is InChI=1S/C33H35ClF2N4O4S/c1-4-31(37-12-14-45(41,42)21(2)3)33(11-6-13-44-33)26-17-25-29(18-28(26)36)38-20-39-32(25)40-24-9-10-30(27(34)16-24)43-19-22-7-5-8-23(35)15-22/h5-10,13,15-18,20-21,31,37H,4,11-12,14,19H2,1-3H3,(H,38,39,40). The second kappa shape index (κ2) is 13.7. The maximum absolute atomic E-state index is 15.8. The van der Waals surface area contributed by atoms with Gasteiger partial charge in [0.1, 0.15) is 36.1 Å². The first-order valence-corrected chi connectivity index (χ1v) is 16.8. The second-order valence-electron chi connectivity index (χ2n) is 11.2. The Bertz CT molecular complexity index is 1810. The number of nitrogens with zero attached hydrogens (tertiary/aromatic N) is 2. The maximum Gasteiger partial charge on any atom is 0.155 e. The molecule has 2 heterocycles. The number of benzene rings is 3. The molecule has 0 saturated carbocycles. The Labute approximate surface area is 266 Å². The number of nitrogens with one attached hydrogen (secondary N) is 2. The van der Waals surface area contributed by atoms with Crippen LogP contribution >= 0.6 is 11.6 Å². The zero-order valence-corrected chi connectivity index (χ0v) is 26.8. The van der Waals surface area contributed by atoms with Gasteiger partial charge in [-0.3, -0.25) is 0 Å². The van der Waals surface area contributed by atoms with Gasteiger partial charge in [0.25, 0.3) is 0 Å². The normalized spacial score (nSPS) is 17.0. The number of fused-ring (bicyclic) bond motifs is 1. The summed E-state index contributed by atoms with van der Waals surface area (Å²) in [6.07, 6.45) is 5.68. The Morgan fingerprint density at radius 2 is 1.93 bits per heavy atom. The molecule has 0 aliphatic carbocycles. The number of rotatable bonds is 13. The van der Waals surface area contributed by atoms with Gasteiger partial charge in [-0.2, -0.15) is 0 Å². The van der Waals surface area contributed by atoms with Crippen molar-refractivity contribution in [2.45, 2.75) is 57.1 Å². The van der Waals surface area contributed by atoms with Crippen molar-refractivity contribution in [2.75, 3.05) is 17.6 Å². The largest absolute Gasteiger partial charge is 0.488 e. The predicted octanol–water partition coefficient (Wildman–Crippen LogP) is 7.20. The van der Waals surface area contributed by atoms with Crippen molar-refractivity contribution in [1.29, 1.82) is 0 Å². The molecule has 0 fully saturated rings. The molecule has 1 aromatic heterocycles. The minimum Gasteiger partial charge on any atom is -0.488 e. The smallest absolute Gasteiger partial charge is 0.155 e. The molecule has 1 aliphatic rings. The number of anilines is 2. The topological polar surface area (TPSA) is 102 Å². The van der Waals surface area contributed by atoms with Crippen LogP contribution in [0.2, 0.25) is 5.02 Å². The Morgan fingerprint density at radius 1 is 1.11 bits per heavy atom. The minimum atomic E-state index is -3.25. The van der Waals surface area contributed by atoms with E-state index in [1.807, 2.05) is 13.0 Å². The van der Waals surface area contributed by atoms with Gasteiger partial charge in [-0.25, -0.2) is 27.2 Å². The molecule has 2 unspecified atom stereocenters. The molecule has 0 saturated heterocycles. The van der Waals surface area contributed by atoms with E-state index >= 15 is 4.39 Å². The van der Waals surface area contributed by atoms with Gasteiger partial charge >= 0.3 is 0 Å². The Balaban J connectivity index is 1.41. The van der Waals surface area contributed by atoms with Crippen molar-refractivity contribution in [3.05, 3.63) is 101 Å². The van der Waals surface area contributed by atoms with Gasteiger partial charge < -0.3 is 20.1 Å². The fourth-order valence-corrected chi connectivity index (χ4v) is 6.51. The van der Waals surface area contributed by atoms with Crippen molar-refractivity contribution < 1.29 is 26.7 Å². The average Bonchev–Trinajstić information content (AvgIpc) is 3.49. The van der Waals surface area contributed by atoms with Crippen LogP contribution in [-0.2, 0) is 26.8 Å². The summed E-state index contributed by atoms with van der Waals surface area (Å²) in [5.74, 6) is -0.0217. The molecular formula is C33H35ClF2N4O4S. The number of halogens is 3. The van der Waals surface area contributed by atoms with E-state index in [4.69, 9.17) is 21.1 Å². The lowest BCUT2D eigenvalue weighted by Gasteiger charge is -2.38. The number of ether oxygens (including phenoxy) is 2. The first-order chi connectivity index (χ1) is 21.5. The summed E-state index contributed by atoms with van der Waals surface area (Å²) in [6.45, 7) is 5.61. The van der Waals surface area contributed by atoms with Crippen molar-refractivity contribution in [1.82, 2.24) is 15.3 Å². The second-order valence-corrected chi connectivity index (χ2v) is 14.3. The zero-order chi connectivity index (χ0) is 32.2. The molecule has 2 N–H and O–H groups in total. The first-order valence-electron chi connectivity index (χ1n) is 14.7. The number of hydrogen-bond donors (Lipinski definition) is 2. The van der Waals surface area contributed by atoms with Gasteiger partial charge in [0, 0.05) is 35.7 Å². The SMILES string of the molecule is CCC(NCCS(=O)(=O)C(C)C)C1(c2cc3c(Nc4ccc(OCc5cccc(F)c5)c(Cl)c4)ncnc3cc2F)CC=CO1. The van der Waals surface area contributed by atoms with E-state index in [1.165, 1.54) is 24.5 Å². The quantitative estimate of drug-likeness (QED) is 0.156. The summed E-state index contributed by atoms with van der Waals surface area (Å²) in [5.41, 5.74) is 0.871. The Morgan fingerprint density at radius 3 is 2.62 bits per heavy atom. The van der Waals surface area contributed by atoms with Crippen molar-refractivity contribution in [3.8, 4) is 5.75 Å². The van der Waals surface area contributed by atoms with Crippen LogP contribution < -0.4 is 15.4 Å². The van der Waals surface area contributed by atoms with Gasteiger partial charge in [-0.15, -0.1) is 0 Å². The van der Waals surface area contributed by atoms with Crippen LogP contribution in [0.15, 0.2) is 73.3 Å². The molecule has 0 radical (unpaired) electrons. The molecule has 45 heavy (non-hydrogen) atoms. The fourth-order valence-electron chi connectivity index (χ4n) is 5.40. The number of sulfone groups is 1. The highest BCUT2D eigenvalue weighted by Crippen LogP contribution is 2.42. The van der Waals surface area contributed by atoms with E-state index in [0.717, 1.165) is 0 Å². The van der Waals surface area contributed by atoms with Crippen LogP contribution in [0.1, 0.15) is 44.7 Å². The lowest BCUT2D eigenvalue weighted by Crippen LogP contribution is -2.49. The van der Waals surface area contributed by atoms with E-state index in [9.17, 15) is 12.8 Å². The zero-order valence-electron chi connectivity index (χ0n) is 25.2. The molecule has 238 valence electrons. The summed E-state index contributed by atoms with van der Waals surface area (Å²) in [7, 11) is -3.25. The number of aromatic nitrogens is 2. The molecule has 3 aromatic carbocycles. The summed E-state index contributed by atoms with van der Waals surface area (Å²) < 4.78 is 66.1. The Kier molecular flexibility index (Phi) is 9.91. The summed E-state index contributed by atoms with van der Waals surface area (Å²) in [4.78, 5) is 8.70. The molecule has 4 aromatic rings. The summed E-state index contributed by atoms with van der Waals surface area (Å²) in [5, 5.41) is 6.98. The molecule has 2 atom stereocenters. The van der Waals surface area contributed by atoms with Gasteiger partial charge in [-0.1, -0.05) is 30.7 Å². The molecule has 0 spiro atoms. The van der Waals surface area contributed by atoms with E-state index in [1.54, 1.807) is 56.5 Å². The maximum atomic E-state index is 15.8. The molecule has 0 amide bonds. The van der Waals surface area contributed by atoms with E-state index in [0.29, 0.717) is 57.1 Å². The van der Waals surface area contributed by atoms with Crippen molar-refractivity contribution in [3.63, 3.8) is 0 Å². The lowest BCUT2D eigenvalue weighted by atomic mass is 9.81. The molecule has 8 nitrogen and oxygen atoms in total. The summed E-state index contributed by atoms with van der Waals surface area (Å²) >= 11 is 6.51. The van der Waals surface area contributed by atoms with Crippen LogP contribution in [0.4, 0.5) is 20.3 Å². The van der Waals surface area contributed by atoms with Crippen LogP contribution in [0.25, 0.3) is 10.9 Å². The minimum absolute atomic E-state index is 0.0377.